The highest BCUT2D eigenvalue weighted by Crippen LogP contribution is 2.47. The third-order valence-electron chi connectivity index (χ3n) is 4.52. The lowest BCUT2D eigenvalue weighted by atomic mass is 10.2. The van der Waals surface area contributed by atoms with Crippen molar-refractivity contribution in [2.75, 3.05) is 16.1 Å². The van der Waals surface area contributed by atoms with E-state index in [1.807, 2.05) is 35.1 Å². The number of para-hydroxylation sites is 1. The van der Waals surface area contributed by atoms with E-state index < -0.39 is 11.7 Å². The first kappa shape index (κ1) is 19.9. The van der Waals surface area contributed by atoms with Crippen LogP contribution in [0.25, 0.3) is 0 Å². The lowest BCUT2D eigenvalue weighted by Gasteiger charge is -2.38. The van der Waals surface area contributed by atoms with Crippen LogP contribution in [0.15, 0.2) is 57.3 Å². The molecular formula is C18H18Cl2N6S2. The van der Waals surface area contributed by atoms with Crippen LogP contribution in [0.3, 0.4) is 0 Å². The molecule has 2 atom stereocenters. The number of halogens is 2. The number of hydrogen-bond donors (Lipinski definition) is 2. The average Bonchev–Trinajstić information content (AvgIpc) is 2.98. The average molecular weight is 453 g/mol. The minimum absolute atomic E-state index is 0.429. The lowest BCUT2D eigenvalue weighted by Crippen LogP contribution is -2.53. The highest BCUT2D eigenvalue weighted by Gasteiger charge is 2.42. The molecule has 0 spiro atoms. The van der Waals surface area contributed by atoms with Crippen LogP contribution in [0.5, 0.6) is 0 Å². The fraction of sp³-hybridized carbons (Fsp3) is 0.222. The Labute approximate surface area is 182 Å². The third-order valence-corrected chi connectivity index (χ3v) is 6.77. The van der Waals surface area contributed by atoms with Crippen LogP contribution in [-0.4, -0.2) is 28.7 Å². The molecule has 4 N–H and O–H groups in total. The van der Waals surface area contributed by atoms with E-state index >= 15 is 0 Å². The Balaban J connectivity index is 1.78. The molecule has 6 nitrogen and oxygen atoms in total. The lowest BCUT2D eigenvalue weighted by molar-refractivity contribution is 0.715. The van der Waals surface area contributed by atoms with Gasteiger partial charge in [0.25, 0.3) is 0 Å². The van der Waals surface area contributed by atoms with E-state index in [9.17, 15) is 0 Å². The maximum absolute atomic E-state index is 6.70. The van der Waals surface area contributed by atoms with Gasteiger partial charge < -0.3 is 21.3 Å². The summed E-state index contributed by atoms with van der Waals surface area (Å²) >= 11 is 15.9. The van der Waals surface area contributed by atoms with Crippen LogP contribution in [0.4, 0.5) is 11.4 Å². The van der Waals surface area contributed by atoms with Gasteiger partial charge in [-0.25, -0.2) is 9.98 Å². The molecule has 0 bridgehead atoms. The van der Waals surface area contributed by atoms with Crippen molar-refractivity contribution in [3.8, 4) is 0 Å². The Morgan fingerprint density at radius 3 is 2.43 bits per heavy atom. The van der Waals surface area contributed by atoms with Gasteiger partial charge in [0.15, 0.2) is 0 Å². The molecular weight excluding hydrogens is 435 g/mol. The van der Waals surface area contributed by atoms with E-state index in [0.717, 1.165) is 27.3 Å². The summed E-state index contributed by atoms with van der Waals surface area (Å²) in [4.78, 5) is 13.0. The highest BCUT2D eigenvalue weighted by atomic mass is 35.5. The highest BCUT2D eigenvalue weighted by molar-refractivity contribution is 8.04. The van der Waals surface area contributed by atoms with E-state index in [1.165, 1.54) is 11.8 Å². The molecule has 146 valence electrons. The van der Waals surface area contributed by atoms with Gasteiger partial charge in [0.2, 0.25) is 0 Å². The maximum atomic E-state index is 6.70. The second-order valence-corrected chi connectivity index (χ2v) is 8.92. The zero-order valence-electron chi connectivity index (χ0n) is 15.1. The third kappa shape index (κ3) is 3.28. The Kier molecular flexibility index (Phi) is 5.52. The Bertz CT molecular complexity index is 958. The van der Waals surface area contributed by atoms with Crippen molar-refractivity contribution in [1.82, 2.24) is 4.98 Å². The molecule has 10 heteroatoms. The van der Waals surface area contributed by atoms with Gasteiger partial charge in [0.05, 0.1) is 38.3 Å². The van der Waals surface area contributed by atoms with Crippen molar-refractivity contribution in [1.29, 1.82) is 0 Å². The van der Waals surface area contributed by atoms with Crippen LogP contribution < -0.4 is 21.3 Å². The SMILES string of the molecule is CSc1ccc(N2C(C)=NC3=C(C2N)N(c2c(Cl)cccc2Cl)C(N)S3)cn1. The number of aromatic nitrogens is 1. The van der Waals surface area contributed by atoms with E-state index in [1.54, 1.807) is 36.2 Å². The van der Waals surface area contributed by atoms with Gasteiger partial charge in [0.1, 0.15) is 22.5 Å². The predicted octanol–water partition coefficient (Wildman–Crippen LogP) is 4.30. The number of rotatable bonds is 3. The number of nitrogens with zero attached hydrogens (tertiary/aromatic N) is 4. The summed E-state index contributed by atoms with van der Waals surface area (Å²) in [6.07, 6.45) is 3.27. The van der Waals surface area contributed by atoms with E-state index in [4.69, 9.17) is 39.7 Å². The van der Waals surface area contributed by atoms with Crippen molar-refractivity contribution in [2.24, 2.45) is 16.5 Å². The summed E-state index contributed by atoms with van der Waals surface area (Å²) in [6.45, 7) is 1.92. The van der Waals surface area contributed by atoms with Crippen molar-refractivity contribution in [3.05, 3.63) is 57.3 Å². The van der Waals surface area contributed by atoms with Gasteiger partial charge in [-0.05, 0) is 37.4 Å². The maximum Gasteiger partial charge on any atom is 0.136 e. The molecule has 0 amide bonds. The minimum Gasteiger partial charge on any atom is -0.311 e. The van der Waals surface area contributed by atoms with E-state index in [-0.39, 0.29) is 0 Å². The molecule has 1 aromatic heterocycles. The second kappa shape index (κ2) is 7.78. The molecule has 0 radical (unpaired) electrons. The van der Waals surface area contributed by atoms with Gasteiger partial charge in [-0.2, -0.15) is 0 Å². The normalized spacial score (nSPS) is 21.9. The molecule has 4 rings (SSSR count). The Hall–Kier alpha value is -1.42. The second-order valence-electron chi connectivity index (χ2n) is 6.17. The van der Waals surface area contributed by atoms with Gasteiger partial charge in [-0.15, -0.1) is 11.8 Å². The molecule has 0 aliphatic carbocycles. The van der Waals surface area contributed by atoms with E-state index in [2.05, 4.69) is 4.98 Å². The van der Waals surface area contributed by atoms with Crippen molar-refractivity contribution in [3.63, 3.8) is 0 Å². The molecule has 2 aliphatic rings. The summed E-state index contributed by atoms with van der Waals surface area (Å²) in [5, 5.41) is 2.73. The van der Waals surface area contributed by atoms with Gasteiger partial charge >= 0.3 is 0 Å². The fourth-order valence-electron chi connectivity index (χ4n) is 3.29. The number of nitrogens with two attached hydrogens (primary N) is 2. The first-order chi connectivity index (χ1) is 13.4. The quantitative estimate of drug-likeness (QED) is 0.671. The summed E-state index contributed by atoms with van der Waals surface area (Å²) < 4.78 is 0. The largest absolute Gasteiger partial charge is 0.311 e. The topological polar surface area (TPSA) is 83.8 Å². The predicted molar refractivity (Wildman–Crippen MR) is 121 cm³/mol. The molecule has 0 fully saturated rings. The van der Waals surface area contributed by atoms with Gasteiger partial charge in [0, 0.05) is 0 Å². The molecule has 0 saturated heterocycles. The molecule has 2 aliphatic heterocycles. The summed E-state index contributed by atoms with van der Waals surface area (Å²) in [5.74, 6) is 0.775. The monoisotopic (exact) mass is 452 g/mol. The van der Waals surface area contributed by atoms with Crippen molar-refractivity contribution in [2.45, 2.75) is 23.6 Å². The number of benzene rings is 1. The summed E-state index contributed by atoms with van der Waals surface area (Å²) in [7, 11) is 0. The molecule has 2 unspecified atom stereocenters. The first-order valence-corrected chi connectivity index (χ1v) is 11.3. The van der Waals surface area contributed by atoms with Crippen molar-refractivity contribution >= 4 is 63.9 Å². The summed E-state index contributed by atoms with van der Waals surface area (Å²) in [5.41, 5.74) is 14.9. The first-order valence-electron chi connectivity index (χ1n) is 8.42. The minimum atomic E-state index is -0.511. The van der Waals surface area contributed by atoms with Crippen LogP contribution in [0.1, 0.15) is 6.92 Å². The number of thioether (sulfide) groups is 2. The van der Waals surface area contributed by atoms with Crippen molar-refractivity contribution < 1.29 is 0 Å². The molecule has 0 saturated carbocycles. The number of amidine groups is 1. The zero-order chi connectivity index (χ0) is 20.0. The van der Waals surface area contributed by atoms with Gasteiger partial charge in [-0.3, -0.25) is 0 Å². The van der Waals surface area contributed by atoms with Crippen LogP contribution >= 0.6 is 46.7 Å². The molecule has 28 heavy (non-hydrogen) atoms. The molecule has 1 aromatic carbocycles. The van der Waals surface area contributed by atoms with Crippen LogP contribution in [0.2, 0.25) is 10.0 Å². The zero-order valence-corrected chi connectivity index (χ0v) is 18.3. The summed E-state index contributed by atoms with van der Waals surface area (Å²) in [6, 6.07) is 9.31. The Morgan fingerprint density at radius 2 is 1.82 bits per heavy atom. The molecule has 2 aromatic rings. The fourth-order valence-corrected chi connectivity index (χ4v) is 5.31. The number of anilines is 2. The smallest absolute Gasteiger partial charge is 0.136 e. The number of pyridine rings is 1. The molecule has 3 heterocycles. The van der Waals surface area contributed by atoms with Crippen LogP contribution in [-0.2, 0) is 0 Å². The van der Waals surface area contributed by atoms with Gasteiger partial charge in [-0.1, -0.05) is 41.0 Å². The Morgan fingerprint density at radius 1 is 1.11 bits per heavy atom. The van der Waals surface area contributed by atoms with Crippen LogP contribution in [0, 0.1) is 0 Å². The standard InChI is InChI=1S/C18H18Cl2N6S2/c1-9-24-17-15(16(21)25(9)10-6-7-13(27-2)23-8-10)26(18(22)28-17)14-11(19)4-3-5-12(14)20/h3-8,16,18H,21-22H2,1-2H3. The number of aliphatic imine (C=N–C) groups is 1. The number of hydrogen-bond acceptors (Lipinski definition) is 8. The van der Waals surface area contributed by atoms with E-state index in [0.29, 0.717) is 15.7 Å².